The molecule has 1 atom stereocenters. The number of nitrogens with zero attached hydrogens (tertiary/aromatic N) is 4. The van der Waals surface area contributed by atoms with Gasteiger partial charge in [0.2, 0.25) is 0 Å². The van der Waals surface area contributed by atoms with Gasteiger partial charge in [-0.05, 0) is 31.2 Å². The van der Waals surface area contributed by atoms with Gasteiger partial charge in [0.25, 0.3) is 5.91 Å². The first-order chi connectivity index (χ1) is 13.0. The number of carbonyl (C=O) groups is 1. The summed E-state index contributed by atoms with van der Waals surface area (Å²) in [5, 5.41) is 26.1. The van der Waals surface area contributed by atoms with Crippen LogP contribution < -0.4 is 5.32 Å². The molecule has 136 valence electrons. The van der Waals surface area contributed by atoms with Gasteiger partial charge in [-0.1, -0.05) is 17.7 Å². The van der Waals surface area contributed by atoms with Gasteiger partial charge in [-0.15, -0.1) is 0 Å². The maximum absolute atomic E-state index is 12.2. The van der Waals surface area contributed by atoms with Crippen LogP contribution in [-0.4, -0.2) is 31.8 Å². The Hall–Kier alpha value is -3.37. The van der Waals surface area contributed by atoms with Crippen molar-refractivity contribution in [2.45, 2.75) is 19.5 Å². The molecule has 3 aromatic rings. The Morgan fingerprint density at radius 1 is 1.37 bits per heavy atom. The maximum Gasteiger partial charge on any atom is 0.270 e. The SMILES string of the molecule is C[C@@H](Cn1ccc(-c2ccc(C#N)c(Cl)c2)n1)NC(=O)c1cc(O)ccn1. The minimum atomic E-state index is -0.371. The minimum Gasteiger partial charge on any atom is -0.508 e. The van der Waals surface area contributed by atoms with Gasteiger partial charge in [0.1, 0.15) is 17.5 Å². The molecule has 1 aromatic carbocycles. The second kappa shape index (κ2) is 7.89. The molecule has 27 heavy (non-hydrogen) atoms. The summed E-state index contributed by atoms with van der Waals surface area (Å²) in [5.41, 5.74) is 2.08. The van der Waals surface area contributed by atoms with Crippen LogP contribution in [0.15, 0.2) is 48.8 Å². The van der Waals surface area contributed by atoms with Crippen LogP contribution in [0, 0.1) is 11.3 Å². The Labute approximate surface area is 160 Å². The molecule has 0 spiro atoms. The topological polar surface area (TPSA) is 104 Å². The zero-order valence-electron chi connectivity index (χ0n) is 14.4. The van der Waals surface area contributed by atoms with Crippen molar-refractivity contribution in [3.63, 3.8) is 0 Å². The lowest BCUT2D eigenvalue weighted by Gasteiger charge is -2.13. The van der Waals surface area contributed by atoms with E-state index in [9.17, 15) is 9.90 Å². The van der Waals surface area contributed by atoms with Crippen molar-refractivity contribution in [2.24, 2.45) is 0 Å². The average Bonchev–Trinajstić information content (AvgIpc) is 3.09. The second-order valence-electron chi connectivity index (χ2n) is 6.00. The van der Waals surface area contributed by atoms with E-state index in [0.29, 0.717) is 17.1 Å². The molecule has 2 N–H and O–H groups in total. The van der Waals surface area contributed by atoms with Crippen molar-refractivity contribution >= 4 is 17.5 Å². The summed E-state index contributed by atoms with van der Waals surface area (Å²) in [6, 6.07) is 11.5. The van der Waals surface area contributed by atoms with E-state index in [-0.39, 0.29) is 23.4 Å². The smallest absolute Gasteiger partial charge is 0.270 e. The van der Waals surface area contributed by atoms with Gasteiger partial charge in [0.05, 0.1) is 22.8 Å². The molecule has 8 heteroatoms. The Kier molecular flexibility index (Phi) is 5.38. The molecule has 0 aliphatic rings. The number of hydrogen-bond acceptors (Lipinski definition) is 5. The van der Waals surface area contributed by atoms with Crippen molar-refractivity contribution in [2.75, 3.05) is 0 Å². The monoisotopic (exact) mass is 381 g/mol. The van der Waals surface area contributed by atoms with Crippen LogP contribution in [0.1, 0.15) is 23.0 Å². The van der Waals surface area contributed by atoms with Gasteiger partial charge in [-0.2, -0.15) is 10.4 Å². The van der Waals surface area contributed by atoms with Gasteiger partial charge in [-0.25, -0.2) is 0 Å². The van der Waals surface area contributed by atoms with Crippen molar-refractivity contribution in [1.82, 2.24) is 20.1 Å². The van der Waals surface area contributed by atoms with Crippen molar-refractivity contribution < 1.29 is 9.90 Å². The summed E-state index contributed by atoms with van der Waals surface area (Å²) in [6.07, 6.45) is 3.17. The Morgan fingerprint density at radius 2 is 2.19 bits per heavy atom. The molecule has 3 rings (SSSR count). The molecule has 7 nitrogen and oxygen atoms in total. The lowest BCUT2D eigenvalue weighted by Crippen LogP contribution is -2.36. The highest BCUT2D eigenvalue weighted by Crippen LogP contribution is 2.24. The highest BCUT2D eigenvalue weighted by atomic mass is 35.5. The number of nitriles is 1. The maximum atomic E-state index is 12.2. The number of benzene rings is 1. The molecule has 0 radical (unpaired) electrons. The first-order valence-corrected chi connectivity index (χ1v) is 8.53. The zero-order chi connectivity index (χ0) is 19.4. The largest absolute Gasteiger partial charge is 0.508 e. The molecule has 0 unspecified atom stereocenters. The van der Waals surface area contributed by atoms with Crippen LogP contribution in [-0.2, 0) is 6.54 Å². The Morgan fingerprint density at radius 3 is 2.89 bits per heavy atom. The number of pyridine rings is 1. The molecule has 0 aliphatic carbocycles. The van der Waals surface area contributed by atoms with Gasteiger partial charge in [-0.3, -0.25) is 14.5 Å². The van der Waals surface area contributed by atoms with Gasteiger partial charge in [0.15, 0.2) is 0 Å². The van der Waals surface area contributed by atoms with Crippen molar-refractivity contribution in [3.8, 4) is 23.1 Å². The third-order valence-corrected chi connectivity index (χ3v) is 4.15. The molecule has 0 bridgehead atoms. The van der Waals surface area contributed by atoms with E-state index in [0.717, 1.165) is 11.3 Å². The average molecular weight is 382 g/mol. The van der Waals surface area contributed by atoms with Crippen LogP contribution in [0.4, 0.5) is 0 Å². The number of halogens is 1. The van der Waals surface area contributed by atoms with Crippen molar-refractivity contribution in [3.05, 3.63) is 65.1 Å². The third kappa shape index (κ3) is 4.43. The second-order valence-corrected chi connectivity index (χ2v) is 6.41. The predicted molar refractivity (Wildman–Crippen MR) is 100 cm³/mol. The minimum absolute atomic E-state index is 0.0133. The Bertz CT molecular complexity index is 1020. The highest BCUT2D eigenvalue weighted by Gasteiger charge is 2.13. The van der Waals surface area contributed by atoms with E-state index >= 15 is 0 Å². The number of amides is 1. The molecular formula is C19H16ClN5O2. The number of hydrogen-bond donors (Lipinski definition) is 2. The van der Waals surface area contributed by atoms with Crippen LogP contribution in [0.5, 0.6) is 5.75 Å². The first-order valence-electron chi connectivity index (χ1n) is 8.15. The molecule has 0 saturated carbocycles. The van der Waals surface area contributed by atoms with E-state index in [1.165, 1.54) is 18.3 Å². The van der Waals surface area contributed by atoms with E-state index in [4.69, 9.17) is 16.9 Å². The number of aromatic hydroxyl groups is 1. The molecular weight excluding hydrogens is 366 g/mol. The van der Waals surface area contributed by atoms with Crippen LogP contribution in [0.3, 0.4) is 0 Å². The fourth-order valence-corrected chi connectivity index (χ4v) is 2.77. The molecule has 1 amide bonds. The summed E-state index contributed by atoms with van der Waals surface area (Å²) in [5.74, 6) is -0.384. The lowest BCUT2D eigenvalue weighted by molar-refractivity contribution is 0.0930. The van der Waals surface area contributed by atoms with E-state index < -0.39 is 0 Å². The highest BCUT2D eigenvalue weighted by molar-refractivity contribution is 6.32. The Balaban J connectivity index is 1.66. The fourth-order valence-electron chi connectivity index (χ4n) is 2.55. The van der Waals surface area contributed by atoms with Crippen molar-refractivity contribution in [1.29, 1.82) is 5.26 Å². The molecule has 2 heterocycles. The number of rotatable bonds is 5. The quantitative estimate of drug-likeness (QED) is 0.707. The van der Waals surface area contributed by atoms with E-state index in [1.807, 2.05) is 19.1 Å². The molecule has 0 aliphatic heterocycles. The summed E-state index contributed by atoms with van der Waals surface area (Å²) >= 11 is 6.07. The lowest BCUT2D eigenvalue weighted by atomic mass is 10.1. The molecule has 0 fully saturated rings. The number of aromatic nitrogens is 3. The molecule has 0 saturated heterocycles. The van der Waals surface area contributed by atoms with Gasteiger partial charge in [0, 0.05) is 30.1 Å². The normalized spacial score (nSPS) is 11.6. The van der Waals surface area contributed by atoms with Gasteiger partial charge < -0.3 is 10.4 Å². The summed E-state index contributed by atoms with van der Waals surface area (Å²) in [7, 11) is 0. The standard InChI is InChI=1S/C19H16ClN5O2/c1-12(23-19(27)18-9-15(26)4-6-22-18)11-25-7-5-17(24-25)13-2-3-14(10-21)16(20)8-13/h2-9,12H,11H2,1H3,(H,22,26)(H,23,27)/t12-/m0/s1. The van der Waals surface area contributed by atoms with E-state index in [2.05, 4.69) is 15.4 Å². The number of nitrogens with one attached hydrogen (secondary N) is 1. The summed E-state index contributed by atoms with van der Waals surface area (Å²) < 4.78 is 1.71. The summed E-state index contributed by atoms with van der Waals surface area (Å²) in [4.78, 5) is 16.1. The molecule has 2 aromatic heterocycles. The number of carbonyl (C=O) groups excluding carboxylic acids is 1. The predicted octanol–water partition coefficient (Wildman–Crippen LogP) is 2.99. The van der Waals surface area contributed by atoms with Crippen LogP contribution in [0.25, 0.3) is 11.3 Å². The van der Waals surface area contributed by atoms with Crippen LogP contribution in [0.2, 0.25) is 5.02 Å². The first kappa shape index (κ1) is 18.4. The van der Waals surface area contributed by atoms with E-state index in [1.54, 1.807) is 29.1 Å². The van der Waals surface area contributed by atoms with Crippen LogP contribution >= 0.6 is 11.6 Å². The fraction of sp³-hybridized carbons (Fsp3) is 0.158. The summed E-state index contributed by atoms with van der Waals surface area (Å²) in [6.45, 7) is 2.30. The third-order valence-electron chi connectivity index (χ3n) is 3.84. The zero-order valence-corrected chi connectivity index (χ0v) is 15.2. The van der Waals surface area contributed by atoms with Gasteiger partial charge >= 0.3 is 0 Å².